The van der Waals surface area contributed by atoms with Gasteiger partial charge in [0.05, 0.1) is 0 Å². The van der Waals surface area contributed by atoms with Crippen molar-refractivity contribution < 1.29 is 83.8 Å². The Balaban J connectivity index is 6.51. The Hall–Kier alpha value is -1.56. The van der Waals surface area contributed by atoms with E-state index in [2.05, 4.69) is 0 Å². The second kappa shape index (κ2) is 6.75. The minimum absolute atomic E-state index is 1.10. The normalized spacial score (nSPS) is 15.6. The summed E-state index contributed by atoms with van der Waals surface area (Å²) in [5, 5.41) is 0. The maximum absolute atomic E-state index is 13.0. The van der Waals surface area contributed by atoms with E-state index in [0.29, 0.717) is 0 Å². The predicted octanol–water partition coefficient (Wildman–Crippen LogP) is 6.37. The summed E-state index contributed by atoms with van der Waals surface area (Å²) < 4.78 is 224. The van der Waals surface area contributed by atoms with Crippen LogP contribution in [0.5, 0.6) is 0 Å². The van der Waals surface area contributed by atoms with Gasteiger partial charge in [0.25, 0.3) is 0 Å². The zero-order chi connectivity index (χ0) is 23.4. The van der Waals surface area contributed by atoms with Gasteiger partial charge in [0, 0.05) is 0 Å². The van der Waals surface area contributed by atoms with Gasteiger partial charge in [0.15, 0.2) is 0 Å². The first-order valence-electron chi connectivity index (χ1n) is 5.56. The molecule has 0 aliphatic carbocycles. The lowest BCUT2D eigenvalue weighted by Gasteiger charge is -2.39. The van der Waals surface area contributed by atoms with Crippen LogP contribution in [-0.4, -0.2) is 42.1 Å². The molecule has 0 aromatic rings. The first-order valence-corrected chi connectivity index (χ1v) is 5.56. The molecule has 0 aliphatic rings. The van der Waals surface area contributed by atoms with Gasteiger partial charge in [-0.2, -0.15) is 79.0 Å². The number of hydrogen-bond acceptors (Lipinski definition) is 1. The lowest BCUT2D eigenvalue weighted by atomic mass is 10.0. The van der Waals surface area contributed by atoms with E-state index in [4.69, 9.17) is 0 Å². The highest BCUT2D eigenvalue weighted by atomic mass is 19.4. The van der Waals surface area contributed by atoms with Crippen molar-refractivity contribution in [2.75, 3.05) is 0 Å². The third-order valence-corrected chi connectivity index (χ3v) is 2.59. The highest BCUT2D eigenvalue weighted by Crippen LogP contribution is 2.59. The van der Waals surface area contributed by atoms with E-state index in [9.17, 15) is 79.0 Å². The van der Waals surface area contributed by atoms with Crippen LogP contribution < -0.4 is 0 Å². The van der Waals surface area contributed by atoms with Crippen molar-refractivity contribution in [1.82, 2.24) is 0 Å². The molecule has 168 valence electrons. The molecule has 0 radical (unpaired) electrons. The molecule has 0 aromatic heterocycles. The molecule has 0 fully saturated rings. The van der Waals surface area contributed by atoms with Crippen molar-refractivity contribution >= 4 is 0 Å². The van der Waals surface area contributed by atoms with E-state index < -0.39 is 54.0 Å². The van der Waals surface area contributed by atoms with E-state index in [1.165, 1.54) is 0 Å². The fourth-order valence-electron chi connectivity index (χ4n) is 1.15. The van der Waals surface area contributed by atoms with Gasteiger partial charge in [-0.1, -0.05) is 0 Å². The van der Waals surface area contributed by atoms with E-state index in [1.54, 1.807) is 0 Å². The van der Waals surface area contributed by atoms with Crippen molar-refractivity contribution in [3.63, 3.8) is 0 Å². The fourth-order valence-corrected chi connectivity index (χ4v) is 1.15. The zero-order valence-electron chi connectivity index (χ0n) is 11.7. The van der Waals surface area contributed by atoms with Crippen LogP contribution in [0.1, 0.15) is 0 Å². The van der Waals surface area contributed by atoms with Gasteiger partial charge in [-0.05, 0) is 0 Å². The molecule has 0 spiro atoms. The van der Waals surface area contributed by atoms with Gasteiger partial charge >= 0.3 is 48.2 Å². The van der Waals surface area contributed by atoms with Crippen LogP contribution in [0.4, 0.5) is 79.0 Å². The smallest absolute Gasteiger partial charge is 0.262 e. The van der Waals surface area contributed by atoms with Crippen LogP contribution >= 0.6 is 0 Å². The molecule has 0 saturated carbocycles. The molecule has 0 unspecified atom stereocenters. The van der Waals surface area contributed by atoms with E-state index in [1.807, 2.05) is 0 Å². The lowest BCUT2D eigenvalue weighted by Crippen LogP contribution is -2.67. The molecular formula is C9F18O. The summed E-state index contributed by atoms with van der Waals surface area (Å²) in [5.41, 5.74) is 0. The molecule has 0 rings (SSSR count). The number of halogens is 18. The highest BCUT2D eigenvalue weighted by Gasteiger charge is 2.87. The quantitative estimate of drug-likeness (QED) is 0.414. The second-order valence-electron chi connectivity index (χ2n) is 4.51. The molecule has 0 saturated heterocycles. The van der Waals surface area contributed by atoms with Crippen LogP contribution in [0.2, 0.25) is 0 Å². The topological polar surface area (TPSA) is 9.23 Å². The molecule has 0 aliphatic heterocycles. The van der Waals surface area contributed by atoms with Gasteiger partial charge < -0.3 is 0 Å². The van der Waals surface area contributed by atoms with E-state index >= 15 is 0 Å². The molecule has 1 nitrogen and oxygen atoms in total. The standard InChI is InChI=1S/C9F18O/c10-1(2(11)12)3(13,14)4(15,16)5(17,18)9(26,27)28-6(19,7(20,21)22)8(23,24)25. The van der Waals surface area contributed by atoms with Crippen LogP contribution in [0.15, 0.2) is 11.9 Å². The largest absolute Gasteiger partial charge is 0.458 e. The average molecular weight is 466 g/mol. The molecule has 0 atom stereocenters. The average Bonchev–Trinajstić information content (AvgIpc) is 2.42. The molecular weight excluding hydrogens is 466 g/mol. The molecule has 0 bridgehead atoms. The second-order valence-corrected chi connectivity index (χ2v) is 4.51. The minimum atomic E-state index is -8.30. The summed E-state index contributed by atoms with van der Waals surface area (Å²) >= 11 is 0. The Labute approximate surface area is 139 Å². The molecule has 0 amide bonds. The Kier molecular flexibility index (Phi) is 6.38. The minimum Gasteiger partial charge on any atom is -0.262 e. The summed E-state index contributed by atoms with van der Waals surface area (Å²) in [6.07, 6.45) is -28.0. The van der Waals surface area contributed by atoms with E-state index in [-0.39, 0.29) is 0 Å². The maximum Gasteiger partial charge on any atom is 0.458 e. The first kappa shape index (κ1) is 26.4. The molecule has 19 heteroatoms. The lowest BCUT2D eigenvalue weighted by molar-refractivity contribution is -0.519. The molecule has 0 aromatic carbocycles. The highest BCUT2D eigenvalue weighted by molar-refractivity contribution is 5.16. The van der Waals surface area contributed by atoms with Gasteiger partial charge in [0.1, 0.15) is 0 Å². The van der Waals surface area contributed by atoms with Crippen LogP contribution in [0, 0.1) is 0 Å². The number of ether oxygens (including phenoxy) is 1. The van der Waals surface area contributed by atoms with Crippen molar-refractivity contribution in [2.45, 2.75) is 42.1 Å². The number of rotatable bonds is 6. The van der Waals surface area contributed by atoms with Gasteiger partial charge in [-0.3, -0.25) is 4.74 Å². The number of alkyl halides is 15. The number of allylic oxidation sites excluding steroid dienone is 1. The maximum atomic E-state index is 13.0. The molecule has 0 heterocycles. The van der Waals surface area contributed by atoms with Gasteiger partial charge in [-0.15, -0.1) is 0 Å². The Morgan fingerprint density at radius 2 is 0.821 bits per heavy atom. The van der Waals surface area contributed by atoms with Crippen molar-refractivity contribution in [3.05, 3.63) is 11.9 Å². The van der Waals surface area contributed by atoms with E-state index in [0.717, 1.165) is 4.74 Å². The van der Waals surface area contributed by atoms with Gasteiger partial charge in [-0.25, -0.2) is 0 Å². The molecule has 28 heavy (non-hydrogen) atoms. The summed E-state index contributed by atoms with van der Waals surface area (Å²) in [6.45, 7) is 0. The predicted molar refractivity (Wildman–Crippen MR) is 47.2 cm³/mol. The van der Waals surface area contributed by atoms with Crippen LogP contribution in [0.3, 0.4) is 0 Å². The Morgan fingerprint density at radius 3 is 1.07 bits per heavy atom. The zero-order valence-corrected chi connectivity index (χ0v) is 11.7. The molecule has 0 N–H and O–H groups in total. The Morgan fingerprint density at radius 1 is 0.500 bits per heavy atom. The van der Waals surface area contributed by atoms with Crippen molar-refractivity contribution in [2.24, 2.45) is 0 Å². The van der Waals surface area contributed by atoms with Crippen LogP contribution in [-0.2, 0) is 4.74 Å². The van der Waals surface area contributed by atoms with Crippen LogP contribution in [0.25, 0.3) is 0 Å². The number of hydrogen-bond donors (Lipinski definition) is 0. The van der Waals surface area contributed by atoms with Crippen molar-refractivity contribution in [1.29, 1.82) is 0 Å². The third kappa shape index (κ3) is 3.80. The summed E-state index contributed by atoms with van der Waals surface area (Å²) in [5.74, 6) is -36.7. The summed E-state index contributed by atoms with van der Waals surface area (Å²) in [4.78, 5) is 0. The van der Waals surface area contributed by atoms with Crippen molar-refractivity contribution in [3.8, 4) is 0 Å². The monoisotopic (exact) mass is 466 g/mol. The van der Waals surface area contributed by atoms with Gasteiger partial charge in [0.2, 0.25) is 5.83 Å². The summed E-state index contributed by atoms with van der Waals surface area (Å²) in [7, 11) is 0. The first-order chi connectivity index (χ1) is 11.8. The summed E-state index contributed by atoms with van der Waals surface area (Å²) in [6, 6.07) is 0. The third-order valence-electron chi connectivity index (χ3n) is 2.59. The SMILES string of the molecule is FC(F)=C(F)C(F)(F)C(F)(F)C(F)(F)C(F)(F)OC(F)(C(F)(F)F)C(F)(F)F. The fraction of sp³-hybridized carbons (Fsp3) is 0.778. The Bertz CT molecular complexity index is 590.